The van der Waals surface area contributed by atoms with Crippen molar-refractivity contribution in [2.75, 3.05) is 13.1 Å². The minimum Gasteiger partial charge on any atom is -0.485 e. The van der Waals surface area contributed by atoms with Gasteiger partial charge >= 0.3 is 6.09 Å². The zero-order valence-electron chi connectivity index (χ0n) is 16.8. The molecule has 0 radical (unpaired) electrons. The second-order valence-corrected chi connectivity index (χ2v) is 8.30. The highest BCUT2D eigenvalue weighted by atomic mass is 19.1. The lowest BCUT2D eigenvalue weighted by molar-refractivity contribution is -0.111. The van der Waals surface area contributed by atoms with Gasteiger partial charge in [-0.05, 0) is 45.7 Å². The summed E-state index contributed by atoms with van der Waals surface area (Å²) >= 11 is 0. The number of aliphatic hydroxyl groups is 1. The molecule has 1 amide bonds. The fourth-order valence-corrected chi connectivity index (χ4v) is 3.26. The molecule has 1 saturated heterocycles. The number of halogens is 1. The third kappa shape index (κ3) is 6.38. The van der Waals surface area contributed by atoms with Crippen LogP contribution in [0.3, 0.4) is 0 Å². The number of ether oxygens (including phenoxy) is 2. The van der Waals surface area contributed by atoms with Gasteiger partial charge in [0.25, 0.3) is 0 Å². The van der Waals surface area contributed by atoms with Gasteiger partial charge in [0.05, 0.1) is 6.54 Å². The molecule has 1 aliphatic heterocycles. The molecule has 27 heavy (non-hydrogen) atoms. The Morgan fingerprint density at radius 3 is 2.74 bits per heavy atom. The van der Waals surface area contributed by atoms with Crippen LogP contribution < -0.4 is 4.74 Å². The van der Waals surface area contributed by atoms with Crippen molar-refractivity contribution in [3.8, 4) is 5.75 Å². The van der Waals surface area contributed by atoms with Gasteiger partial charge in [-0.15, -0.1) is 0 Å². The monoisotopic (exact) mass is 381 g/mol. The summed E-state index contributed by atoms with van der Waals surface area (Å²) in [5.74, 6) is -0.0539. The van der Waals surface area contributed by atoms with Crippen molar-refractivity contribution in [1.29, 1.82) is 0 Å². The number of unbranched alkanes of at least 4 members (excludes halogenated alkanes) is 2. The second-order valence-electron chi connectivity index (χ2n) is 8.30. The Hall–Kier alpha value is -1.82. The average Bonchev–Trinajstić information content (AvgIpc) is 2.56. The fraction of sp³-hybridized carbons (Fsp3) is 0.667. The molecule has 1 aromatic rings. The molecule has 0 bridgehead atoms. The van der Waals surface area contributed by atoms with E-state index in [1.165, 1.54) is 12.1 Å². The first-order valence-electron chi connectivity index (χ1n) is 9.75. The summed E-state index contributed by atoms with van der Waals surface area (Å²) in [6.45, 7) is 8.16. The first-order valence-corrected chi connectivity index (χ1v) is 9.75. The first-order chi connectivity index (χ1) is 12.6. The van der Waals surface area contributed by atoms with E-state index in [2.05, 4.69) is 6.92 Å². The van der Waals surface area contributed by atoms with E-state index in [4.69, 9.17) is 9.47 Å². The van der Waals surface area contributed by atoms with Crippen molar-refractivity contribution in [2.24, 2.45) is 0 Å². The molecule has 1 N–H and O–H groups in total. The molecule has 1 aliphatic rings. The number of carbonyl (C=O) groups excluding carboxylic acids is 1. The first kappa shape index (κ1) is 21.5. The van der Waals surface area contributed by atoms with Gasteiger partial charge in [0.15, 0.2) is 0 Å². The number of likely N-dealkylation sites (tertiary alicyclic amines) is 1. The molecule has 1 aromatic carbocycles. The van der Waals surface area contributed by atoms with Crippen molar-refractivity contribution in [3.63, 3.8) is 0 Å². The lowest BCUT2D eigenvalue weighted by Gasteiger charge is -2.44. The summed E-state index contributed by atoms with van der Waals surface area (Å²) in [6, 6.07) is 5.85. The molecule has 0 aliphatic carbocycles. The lowest BCUT2D eigenvalue weighted by Crippen LogP contribution is -2.59. The number of hydrogen-bond acceptors (Lipinski definition) is 4. The summed E-state index contributed by atoms with van der Waals surface area (Å²) in [5, 5.41) is 11.2. The van der Waals surface area contributed by atoms with Gasteiger partial charge in [-0.2, -0.15) is 0 Å². The Balaban J connectivity index is 2.15. The van der Waals surface area contributed by atoms with Crippen LogP contribution >= 0.6 is 0 Å². The number of piperidine rings is 1. The van der Waals surface area contributed by atoms with E-state index in [0.717, 1.165) is 19.3 Å². The number of nitrogens with zero attached hydrogens (tertiary/aromatic N) is 1. The lowest BCUT2D eigenvalue weighted by atomic mass is 9.83. The van der Waals surface area contributed by atoms with Crippen LogP contribution in [0.4, 0.5) is 9.18 Å². The van der Waals surface area contributed by atoms with Gasteiger partial charge < -0.3 is 19.5 Å². The molecule has 1 heterocycles. The van der Waals surface area contributed by atoms with Crippen LogP contribution in [0.15, 0.2) is 24.3 Å². The Kier molecular flexibility index (Phi) is 7.09. The SMILES string of the molecule is CCCCC[C@]1(O)CCN(C(=O)OC(C)(C)C)C[C@@H]1Oc1cccc(F)c1. The maximum atomic E-state index is 13.5. The van der Waals surface area contributed by atoms with E-state index < -0.39 is 29.2 Å². The molecule has 2 rings (SSSR count). The van der Waals surface area contributed by atoms with Crippen molar-refractivity contribution in [1.82, 2.24) is 4.90 Å². The van der Waals surface area contributed by atoms with Gasteiger partial charge in [0.2, 0.25) is 0 Å². The molecule has 152 valence electrons. The molecule has 0 unspecified atom stereocenters. The summed E-state index contributed by atoms with van der Waals surface area (Å²) in [5.41, 5.74) is -1.65. The minimum absolute atomic E-state index is 0.202. The molecule has 0 aromatic heterocycles. The van der Waals surface area contributed by atoms with Crippen molar-refractivity contribution < 1.29 is 23.8 Å². The van der Waals surface area contributed by atoms with E-state index >= 15 is 0 Å². The van der Waals surface area contributed by atoms with Gasteiger partial charge in [0, 0.05) is 12.6 Å². The summed E-state index contributed by atoms with van der Waals surface area (Å²) in [6.07, 6.45) is 2.87. The molecular formula is C21H32FNO4. The molecule has 2 atom stereocenters. The maximum absolute atomic E-state index is 13.5. The van der Waals surface area contributed by atoms with Gasteiger partial charge in [-0.25, -0.2) is 9.18 Å². The van der Waals surface area contributed by atoms with Crippen LogP contribution in [0.5, 0.6) is 5.75 Å². The highest BCUT2D eigenvalue weighted by molar-refractivity contribution is 5.68. The van der Waals surface area contributed by atoms with Gasteiger partial charge in [0.1, 0.15) is 28.9 Å². The Morgan fingerprint density at radius 1 is 1.37 bits per heavy atom. The highest BCUT2D eigenvalue weighted by Gasteiger charge is 2.44. The largest absolute Gasteiger partial charge is 0.485 e. The predicted octanol–water partition coefficient (Wildman–Crippen LogP) is 4.53. The maximum Gasteiger partial charge on any atom is 0.410 e. The summed E-state index contributed by atoms with van der Waals surface area (Å²) in [4.78, 5) is 14.0. The molecular weight excluding hydrogens is 349 g/mol. The molecule has 1 fully saturated rings. The van der Waals surface area contributed by atoms with Crippen LogP contribution in [-0.4, -0.2) is 46.5 Å². The van der Waals surface area contributed by atoms with E-state index in [1.807, 2.05) is 20.8 Å². The highest BCUT2D eigenvalue weighted by Crippen LogP contribution is 2.32. The molecule has 0 spiro atoms. The zero-order chi connectivity index (χ0) is 20.1. The summed E-state index contributed by atoms with van der Waals surface area (Å²) in [7, 11) is 0. The van der Waals surface area contributed by atoms with E-state index in [9.17, 15) is 14.3 Å². The summed E-state index contributed by atoms with van der Waals surface area (Å²) < 4.78 is 24.9. The van der Waals surface area contributed by atoms with E-state index in [1.54, 1.807) is 17.0 Å². The standard InChI is InChI=1S/C21H32FNO4/c1-5-6-7-11-21(25)12-13-23(19(24)27-20(2,3)4)15-18(21)26-17-10-8-9-16(22)14-17/h8-10,14,18,25H,5-7,11-13,15H2,1-4H3/t18-,21-/m0/s1. The fourth-order valence-electron chi connectivity index (χ4n) is 3.26. The normalized spacial score (nSPS) is 23.2. The van der Waals surface area contributed by atoms with Crippen LogP contribution in [0.1, 0.15) is 59.8 Å². The van der Waals surface area contributed by atoms with Gasteiger partial charge in [-0.3, -0.25) is 0 Å². The van der Waals surface area contributed by atoms with Crippen molar-refractivity contribution in [3.05, 3.63) is 30.1 Å². The van der Waals surface area contributed by atoms with Crippen molar-refractivity contribution in [2.45, 2.75) is 77.1 Å². The predicted molar refractivity (Wildman–Crippen MR) is 102 cm³/mol. The third-order valence-corrected chi connectivity index (χ3v) is 4.74. The van der Waals surface area contributed by atoms with Crippen LogP contribution in [0, 0.1) is 5.82 Å². The average molecular weight is 381 g/mol. The van der Waals surface area contributed by atoms with Crippen molar-refractivity contribution >= 4 is 6.09 Å². The number of amides is 1. The number of rotatable bonds is 6. The zero-order valence-corrected chi connectivity index (χ0v) is 16.8. The Bertz CT molecular complexity index is 631. The van der Waals surface area contributed by atoms with Crippen LogP contribution in [0.25, 0.3) is 0 Å². The second kappa shape index (κ2) is 8.91. The molecule has 5 nitrogen and oxygen atoms in total. The Morgan fingerprint density at radius 2 is 2.11 bits per heavy atom. The molecule has 6 heteroatoms. The Labute approximate surface area is 161 Å². The molecule has 0 saturated carbocycles. The smallest absolute Gasteiger partial charge is 0.410 e. The van der Waals surface area contributed by atoms with E-state index in [0.29, 0.717) is 25.1 Å². The number of benzene rings is 1. The number of carbonyl (C=O) groups is 1. The van der Waals surface area contributed by atoms with E-state index in [-0.39, 0.29) is 6.54 Å². The van der Waals surface area contributed by atoms with Gasteiger partial charge in [-0.1, -0.05) is 32.3 Å². The quantitative estimate of drug-likeness (QED) is 0.736. The van der Waals surface area contributed by atoms with Crippen LogP contribution in [0.2, 0.25) is 0 Å². The van der Waals surface area contributed by atoms with Crippen LogP contribution in [-0.2, 0) is 4.74 Å². The minimum atomic E-state index is -1.06. The third-order valence-electron chi connectivity index (χ3n) is 4.74. The number of hydrogen-bond donors (Lipinski definition) is 1. The topological polar surface area (TPSA) is 59.0 Å².